The number of Topliss-reactive ketones (excluding diaryl/α,β-unsaturated/α-hetero) is 2. The Bertz CT molecular complexity index is 1610. The highest BCUT2D eigenvalue weighted by Gasteiger charge is 2.46. The average Bonchev–Trinajstić information content (AvgIpc) is 3.31. The van der Waals surface area contributed by atoms with E-state index in [1.54, 1.807) is 0 Å². The van der Waals surface area contributed by atoms with Crippen molar-refractivity contribution in [1.82, 2.24) is 9.55 Å². The molecule has 44 heavy (non-hydrogen) atoms. The topological polar surface area (TPSA) is 148 Å². The molecule has 0 saturated carbocycles. The summed E-state index contributed by atoms with van der Waals surface area (Å²) >= 11 is 0. The van der Waals surface area contributed by atoms with Crippen molar-refractivity contribution in [1.29, 1.82) is 0 Å². The number of aliphatic hydroxyl groups excluding tert-OH is 2. The Balaban J connectivity index is 1.48. The van der Waals surface area contributed by atoms with Gasteiger partial charge in [0.05, 0.1) is 12.5 Å². The van der Waals surface area contributed by atoms with Crippen molar-refractivity contribution in [2.75, 3.05) is 6.61 Å². The molecule has 2 heterocycles. The van der Waals surface area contributed by atoms with E-state index >= 15 is 0 Å². The van der Waals surface area contributed by atoms with Crippen LogP contribution in [0.3, 0.4) is 0 Å². The first-order chi connectivity index (χ1) is 21.1. The smallest absolute Gasteiger partial charge is 0.330 e. The van der Waals surface area contributed by atoms with Crippen molar-refractivity contribution in [3.05, 3.63) is 140 Å². The van der Waals surface area contributed by atoms with Gasteiger partial charge in [0.25, 0.3) is 5.56 Å². The molecule has 4 atom stereocenters. The molecule has 10 nitrogen and oxygen atoms in total. The summed E-state index contributed by atoms with van der Waals surface area (Å²) in [6.07, 6.45) is -4.54. The summed E-state index contributed by atoms with van der Waals surface area (Å²) < 4.78 is 13.7. The minimum absolute atomic E-state index is 0.0127. The molecule has 10 heteroatoms. The lowest BCUT2D eigenvalue weighted by Crippen LogP contribution is -2.40. The predicted octanol–water partition coefficient (Wildman–Crippen LogP) is 2.50. The minimum Gasteiger partial charge on any atom is -0.387 e. The van der Waals surface area contributed by atoms with Gasteiger partial charge in [-0.1, -0.05) is 91.0 Å². The molecule has 1 aliphatic rings. The van der Waals surface area contributed by atoms with Gasteiger partial charge in [-0.2, -0.15) is 0 Å². The Kier molecular flexibility index (Phi) is 9.17. The van der Waals surface area contributed by atoms with Crippen molar-refractivity contribution in [3.8, 4) is 0 Å². The number of ether oxygens (including phenoxy) is 2. The zero-order chi connectivity index (χ0) is 31.4. The molecule has 1 saturated heterocycles. The Morgan fingerprint density at radius 3 is 1.77 bits per heavy atom. The third kappa shape index (κ3) is 5.97. The molecule has 5 rings (SSSR count). The molecule has 0 bridgehead atoms. The number of nitrogens with one attached hydrogen (secondary N) is 1. The Morgan fingerprint density at radius 1 is 0.841 bits per heavy atom. The number of ketones is 2. The van der Waals surface area contributed by atoms with E-state index in [0.717, 1.165) is 27.5 Å². The Hall–Kier alpha value is -4.48. The van der Waals surface area contributed by atoms with Crippen LogP contribution in [-0.2, 0) is 31.1 Å². The fourth-order valence-electron chi connectivity index (χ4n) is 5.73. The van der Waals surface area contributed by atoms with E-state index in [4.69, 9.17) is 9.47 Å². The standard InChI is InChI=1S/C34H34N2O8/c1-21(37)27(22(2)38)18-23-19-36(33(42)35-31(23)41)32-30(40)29(39)28(44-32)20-43-34(24-12-6-3-7-13-24,25-14-8-4-9-15-25)26-16-10-5-11-17-26/h3-17,19,27-30,32,39-40H,18,20H2,1-2H3,(H,35,41,42)/t28-,29?,30+,32-/m1/s1. The number of nitrogens with zero attached hydrogens (tertiary/aromatic N) is 1. The van der Waals surface area contributed by atoms with Gasteiger partial charge in [0.1, 0.15) is 35.5 Å². The molecule has 3 N–H and O–H groups in total. The molecule has 0 amide bonds. The summed E-state index contributed by atoms with van der Waals surface area (Å²) in [4.78, 5) is 51.5. The van der Waals surface area contributed by atoms with E-state index < -0.39 is 58.9 Å². The molecule has 1 fully saturated rings. The molecular weight excluding hydrogens is 564 g/mol. The first-order valence-corrected chi connectivity index (χ1v) is 14.3. The quantitative estimate of drug-likeness (QED) is 0.176. The van der Waals surface area contributed by atoms with E-state index in [9.17, 15) is 29.4 Å². The summed E-state index contributed by atoms with van der Waals surface area (Å²) in [6.45, 7) is 2.32. The lowest BCUT2D eigenvalue weighted by Gasteiger charge is -2.37. The summed E-state index contributed by atoms with van der Waals surface area (Å²) in [5.74, 6) is -1.90. The monoisotopic (exact) mass is 598 g/mol. The minimum atomic E-state index is -1.56. The number of carbonyl (C=O) groups is 2. The fraction of sp³-hybridized carbons (Fsp3) is 0.294. The first-order valence-electron chi connectivity index (χ1n) is 14.3. The van der Waals surface area contributed by atoms with Crippen molar-refractivity contribution < 1.29 is 29.3 Å². The number of carbonyl (C=O) groups excluding carboxylic acids is 2. The molecule has 1 aromatic heterocycles. The maximum atomic E-state index is 12.8. The van der Waals surface area contributed by atoms with Gasteiger partial charge < -0.3 is 19.7 Å². The summed E-state index contributed by atoms with van der Waals surface area (Å²) in [6, 6.07) is 28.8. The van der Waals surface area contributed by atoms with E-state index in [-0.39, 0.29) is 18.6 Å². The van der Waals surface area contributed by atoms with Gasteiger partial charge in [-0.3, -0.25) is 23.9 Å². The van der Waals surface area contributed by atoms with Gasteiger partial charge in [0, 0.05) is 11.8 Å². The van der Waals surface area contributed by atoms with Crippen LogP contribution < -0.4 is 11.2 Å². The third-order valence-electron chi connectivity index (χ3n) is 8.06. The highest BCUT2D eigenvalue weighted by molar-refractivity contribution is 6.00. The van der Waals surface area contributed by atoms with Crippen LogP contribution in [0, 0.1) is 5.92 Å². The Labute approximate surface area is 253 Å². The molecular formula is C34H34N2O8. The fourth-order valence-corrected chi connectivity index (χ4v) is 5.73. The van der Waals surface area contributed by atoms with Gasteiger partial charge in [0.15, 0.2) is 6.23 Å². The van der Waals surface area contributed by atoms with E-state index in [1.165, 1.54) is 13.8 Å². The molecule has 1 unspecified atom stereocenters. The number of aromatic amines is 1. The van der Waals surface area contributed by atoms with Gasteiger partial charge >= 0.3 is 5.69 Å². The normalized spacial score (nSPS) is 20.1. The highest BCUT2D eigenvalue weighted by Crippen LogP contribution is 2.41. The zero-order valence-electron chi connectivity index (χ0n) is 24.3. The second-order valence-corrected chi connectivity index (χ2v) is 10.9. The molecule has 3 aromatic carbocycles. The number of hydrogen-bond donors (Lipinski definition) is 3. The first kappa shape index (κ1) is 31.0. The predicted molar refractivity (Wildman–Crippen MR) is 161 cm³/mol. The lowest BCUT2D eigenvalue weighted by molar-refractivity contribution is -0.130. The number of rotatable bonds is 11. The van der Waals surface area contributed by atoms with Crippen LogP contribution in [0.1, 0.15) is 42.3 Å². The van der Waals surface area contributed by atoms with Crippen molar-refractivity contribution in [2.24, 2.45) is 5.92 Å². The van der Waals surface area contributed by atoms with Crippen molar-refractivity contribution >= 4 is 11.6 Å². The van der Waals surface area contributed by atoms with Crippen LogP contribution in [-0.4, -0.2) is 56.2 Å². The molecule has 0 radical (unpaired) electrons. The zero-order valence-corrected chi connectivity index (χ0v) is 24.3. The average molecular weight is 599 g/mol. The maximum absolute atomic E-state index is 12.8. The molecule has 4 aromatic rings. The highest BCUT2D eigenvalue weighted by atomic mass is 16.6. The van der Waals surface area contributed by atoms with Gasteiger partial charge in [-0.25, -0.2) is 4.79 Å². The van der Waals surface area contributed by atoms with Gasteiger partial charge in [-0.05, 0) is 37.0 Å². The van der Waals surface area contributed by atoms with Crippen molar-refractivity contribution in [2.45, 2.75) is 50.4 Å². The van der Waals surface area contributed by atoms with Crippen LogP contribution >= 0.6 is 0 Å². The van der Waals surface area contributed by atoms with E-state index in [1.807, 2.05) is 91.0 Å². The van der Waals surface area contributed by atoms with Gasteiger partial charge in [0.2, 0.25) is 0 Å². The summed E-state index contributed by atoms with van der Waals surface area (Å²) in [7, 11) is 0. The largest absolute Gasteiger partial charge is 0.387 e. The SMILES string of the molecule is CC(=O)C(Cc1cn([C@@H]2O[C@H](COC(c3ccccc3)(c3ccccc3)c3ccccc3)C(O)[C@@H]2O)c(=O)[nH]c1=O)C(C)=O. The van der Waals surface area contributed by atoms with Crippen LogP contribution in [0.15, 0.2) is 107 Å². The molecule has 1 aliphatic heterocycles. The van der Waals surface area contributed by atoms with Crippen LogP contribution in [0.2, 0.25) is 0 Å². The number of H-pyrrole nitrogens is 1. The number of hydrogen-bond acceptors (Lipinski definition) is 8. The number of aliphatic hydroxyl groups is 2. The maximum Gasteiger partial charge on any atom is 0.330 e. The van der Waals surface area contributed by atoms with Crippen LogP contribution in [0.25, 0.3) is 0 Å². The molecule has 0 aliphatic carbocycles. The third-order valence-corrected chi connectivity index (χ3v) is 8.06. The second-order valence-electron chi connectivity index (χ2n) is 10.9. The van der Waals surface area contributed by atoms with Crippen LogP contribution in [0.4, 0.5) is 0 Å². The Morgan fingerprint density at radius 2 is 1.32 bits per heavy atom. The van der Waals surface area contributed by atoms with Crippen molar-refractivity contribution in [3.63, 3.8) is 0 Å². The lowest BCUT2D eigenvalue weighted by atomic mass is 9.80. The van der Waals surface area contributed by atoms with Gasteiger partial charge in [-0.15, -0.1) is 0 Å². The summed E-state index contributed by atoms with van der Waals surface area (Å²) in [5.41, 5.74) is -0.291. The summed E-state index contributed by atoms with van der Waals surface area (Å²) in [5, 5.41) is 22.1. The number of aromatic nitrogens is 2. The van der Waals surface area contributed by atoms with E-state index in [2.05, 4.69) is 4.98 Å². The van der Waals surface area contributed by atoms with Crippen LogP contribution in [0.5, 0.6) is 0 Å². The number of benzene rings is 3. The molecule has 228 valence electrons. The van der Waals surface area contributed by atoms with E-state index in [0.29, 0.717) is 0 Å². The second kappa shape index (κ2) is 13.0. The molecule has 0 spiro atoms.